The van der Waals surface area contributed by atoms with Crippen LogP contribution in [0.1, 0.15) is 10.4 Å². The highest BCUT2D eigenvalue weighted by Gasteiger charge is 2.09. The molecule has 0 aliphatic heterocycles. The lowest BCUT2D eigenvalue weighted by Gasteiger charge is -2.08. The molecule has 4 heteroatoms. The number of pyridine rings is 1. The van der Waals surface area contributed by atoms with E-state index in [0.717, 1.165) is 5.39 Å². The number of carboxylic acid groups (broad SMARTS) is 1. The molecule has 1 heterocycles. The van der Waals surface area contributed by atoms with Crippen LogP contribution in [0.4, 0.5) is 4.39 Å². The lowest BCUT2D eigenvalue weighted by atomic mass is 9.98. The first-order chi connectivity index (χ1) is 9.65. The lowest BCUT2D eigenvalue weighted by molar-refractivity contribution is 0.0697. The lowest BCUT2D eigenvalue weighted by Crippen LogP contribution is -1.96. The van der Waals surface area contributed by atoms with Gasteiger partial charge in [0.15, 0.2) is 0 Å². The van der Waals surface area contributed by atoms with Gasteiger partial charge in [0.05, 0.1) is 5.56 Å². The molecule has 98 valence electrons. The summed E-state index contributed by atoms with van der Waals surface area (Å²) >= 11 is 0. The van der Waals surface area contributed by atoms with Crippen LogP contribution in [0, 0.1) is 5.82 Å². The van der Waals surface area contributed by atoms with Crippen LogP contribution in [-0.4, -0.2) is 16.1 Å². The van der Waals surface area contributed by atoms with Crippen LogP contribution in [0.5, 0.6) is 0 Å². The molecule has 2 aromatic carbocycles. The third-order valence-corrected chi connectivity index (χ3v) is 3.14. The van der Waals surface area contributed by atoms with Gasteiger partial charge in [0.25, 0.3) is 0 Å². The van der Waals surface area contributed by atoms with Gasteiger partial charge in [-0.15, -0.1) is 0 Å². The van der Waals surface area contributed by atoms with Crippen LogP contribution in [0.3, 0.4) is 0 Å². The standard InChI is InChI=1S/C16H10FNO2/c17-13-7-12-9-18-5-4-14(12)15(8-13)10-2-1-3-11(6-10)16(19)20/h1-9H,(H,19,20). The van der Waals surface area contributed by atoms with Crippen LogP contribution in [-0.2, 0) is 0 Å². The summed E-state index contributed by atoms with van der Waals surface area (Å²) in [6, 6.07) is 11.1. The van der Waals surface area contributed by atoms with Crippen molar-refractivity contribution in [2.45, 2.75) is 0 Å². The third-order valence-electron chi connectivity index (χ3n) is 3.14. The smallest absolute Gasteiger partial charge is 0.335 e. The van der Waals surface area contributed by atoms with E-state index in [-0.39, 0.29) is 11.4 Å². The van der Waals surface area contributed by atoms with Gasteiger partial charge in [-0.1, -0.05) is 12.1 Å². The molecular formula is C16H10FNO2. The average Bonchev–Trinajstić information content (AvgIpc) is 2.46. The molecule has 0 bridgehead atoms. The van der Waals surface area contributed by atoms with Crippen molar-refractivity contribution in [2.24, 2.45) is 0 Å². The van der Waals surface area contributed by atoms with E-state index in [9.17, 15) is 9.18 Å². The van der Waals surface area contributed by atoms with Crippen molar-refractivity contribution in [1.29, 1.82) is 0 Å². The van der Waals surface area contributed by atoms with Gasteiger partial charge < -0.3 is 5.11 Å². The highest BCUT2D eigenvalue weighted by molar-refractivity contribution is 5.97. The van der Waals surface area contributed by atoms with Gasteiger partial charge in [-0.2, -0.15) is 0 Å². The molecule has 0 spiro atoms. The number of benzene rings is 2. The average molecular weight is 267 g/mol. The van der Waals surface area contributed by atoms with E-state index in [2.05, 4.69) is 4.98 Å². The molecule has 0 aliphatic rings. The SMILES string of the molecule is O=C(O)c1cccc(-c2cc(F)cc3cnccc23)c1. The fourth-order valence-corrected chi connectivity index (χ4v) is 2.23. The summed E-state index contributed by atoms with van der Waals surface area (Å²) < 4.78 is 13.7. The molecule has 1 N–H and O–H groups in total. The Labute approximate surface area is 114 Å². The number of aromatic carboxylic acids is 1. The molecule has 3 nitrogen and oxygen atoms in total. The maximum absolute atomic E-state index is 13.7. The molecule has 20 heavy (non-hydrogen) atoms. The second-order valence-corrected chi connectivity index (χ2v) is 4.44. The van der Waals surface area contributed by atoms with Gasteiger partial charge in [0.1, 0.15) is 5.82 Å². The van der Waals surface area contributed by atoms with Crippen molar-refractivity contribution in [2.75, 3.05) is 0 Å². The van der Waals surface area contributed by atoms with Gasteiger partial charge in [0, 0.05) is 17.8 Å². The summed E-state index contributed by atoms with van der Waals surface area (Å²) in [6.45, 7) is 0. The Morgan fingerprint density at radius 3 is 2.80 bits per heavy atom. The van der Waals surface area contributed by atoms with Crippen LogP contribution in [0.25, 0.3) is 21.9 Å². The van der Waals surface area contributed by atoms with Gasteiger partial charge >= 0.3 is 5.97 Å². The van der Waals surface area contributed by atoms with Crippen molar-refractivity contribution in [3.63, 3.8) is 0 Å². The molecule has 0 saturated carbocycles. The first kappa shape index (κ1) is 12.3. The van der Waals surface area contributed by atoms with E-state index in [1.165, 1.54) is 24.3 Å². The normalized spacial score (nSPS) is 10.7. The van der Waals surface area contributed by atoms with Crippen molar-refractivity contribution in [3.8, 4) is 11.1 Å². The minimum absolute atomic E-state index is 0.175. The molecule has 1 aromatic heterocycles. The second-order valence-electron chi connectivity index (χ2n) is 4.44. The minimum Gasteiger partial charge on any atom is -0.478 e. The Morgan fingerprint density at radius 1 is 1.15 bits per heavy atom. The van der Waals surface area contributed by atoms with Crippen LogP contribution in [0.2, 0.25) is 0 Å². The predicted molar refractivity (Wildman–Crippen MR) is 74.1 cm³/mol. The Bertz CT molecular complexity index is 814. The summed E-state index contributed by atoms with van der Waals surface area (Å²) in [5, 5.41) is 10.6. The Hall–Kier alpha value is -2.75. The summed E-state index contributed by atoms with van der Waals surface area (Å²) in [6.07, 6.45) is 3.22. The van der Waals surface area contributed by atoms with Crippen LogP contribution >= 0.6 is 0 Å². The number of hydrogen-bond donors (Lipinski definition) is 1. The summed E-state index contributed by atoms with van der Waals surface area (Å²) in [7, 11) is 0. The van der Waals surface area contributed by atoms with Crippen molar-refractivity contribution >= 4 is 16.7 Å². The molecule has 0 unspecified atom stereocenters. The van der Waals surface area contributed by atoms with Crippen molar-refractivity contribution in [1.82, 2.24) is 4.98 Å². The largest absolute Gasteiger partial charge is 0.478 e. The van der Waals surface area contributed by atoms with Crippen molar-refractivity contribution in [3.05, 3.63) is 66.2 Å². The topological polar surface area (TPSA) is 50.2 Å². The zero-order valence-electron chi connectivity index (χ0n) is 10.4. The van der Waals surface area contributed by atoms with E-state index >= 15 is 0 Å². The van der Waals surface area contributed by atoms with E-state index in [1.807, 2.05) is 0 Å². The fourth-order valence-electron chi connectivity index (χ4n) is 2.23. The minimum atomic E-state index is -1.01. The Balaban J connectivity index is 2.29. The van der Waals surface area contributed by atoms with Crippen LogP contribution < -0.4 is 0 Å². The summed E-state index contributed by atoms with van der Waals surface area (Å²) in [4.78, 5) is 15.0. The van der Waals surface area contributed by atoms with Gasteiger partial charge in [-0.05, 0) is 46.8 Å². The van der Waals surface area contributed by atoms with Gasteiger partial charge in [-0.25, -0.2) is 9.18 Å². The predicted octanol–water partition coefficient (Wildman–Crippen LogP) is 3.74. The van der Waals surface area contributed by atoms with E-state index in [4.69, 9.17) is 5.11 Å². The van der Waals surface area contributed by atoms with Gasteiger partial charge in [-0.3, -0.25) is 4.98 Å². The summed E-state index contributed by atoms with van der Waals surface area (Å²) in [5.74, 6) is -1.38. The number of aromatic nitrogens is 1. The molecular weight excluding hydrogens is 257 g/mol. The van der Waals surface area contributed by atoms with E-state index in [1.54, 1.807) is 30.6 Å². The number of hydrogen-bond acceptors (Lipinski definition) is 2. The molecule has 3 aromatic rings. The number of halogens is 1. The quantitative estimate of drug-likeness (QED) is 0.769. The molecule has 0 amide bonds. The Kier molecular flexibility index (Phi) is 2.91. The molecule has 0 radical (unpaired) electrons. The third kappa shape index (κ3) is 2.12. The maximum atomic E-state index is 13.7. The van der Waals surface area contributed by atoms with Crippen molar-refractivity contribution < 1.29 is 14.3 Å². The highest BCUT2D eigenvalue weighted by atomic mass is 19.1. The number of carboxylic acids is 1. The van der Waals surface area contributed by atoms with Crippen LogP contribution in [0.15, 0.2) is 54.9 Å². The van der Waals surface area contributed by atoms with Gasteiger partial charge in [0.2, 0.25) is 0 Å². The monoisotopic (exact) mass is 267 g/mol. The summed E-state index contributed by atoms with van der Waals surface area (Å²) in [5.41, 5.74) is 1.50. The zero-order chi connectivity index (χ0) is 14.1. The first-order valence-corrected chi connectivity index (χ1v) is 6.02. The van der Waals surface area contributed by atoms with E-state index in [0.29, 0.717) is 16.5 Å². The number of fused-ring (bicyclic) bond motifs is 1. The number of nitrogens with zero attached hydrogens (tertiary/aromatic N) is 1. The first-order valence-electron chi connectivity index (χ1n) is 6.02. The zero-order valence-corrected chi connectivity index (χ0v) is 10.4. The molecule has 0 fully saturated rings. The Morgan fingerprint density at radius 2 is 2.00 bits per heavy atom. The molecule has 0 aliphatic carbocycles. The molecule has 0 atom stereocenters. The maximum Gasteiger partial charge on any atom is 0.335 e. The molecule has 0 saturated heterocycles. The number of rotatable bonds is 2. The molecule has 3 rings (SSSR count). The second kappa shape index (κ2) is 4.74. The van der Waals surface area contributed by atoms with E-state index < -0.39 is 5.97 Å². The highest BCUT2D eigenvalue weighted by Crippen LogP contribution is 2.29. The fraction of sp³-hybridized carbons (Fsp3) is 0. The number of carbonyl (C=O) groups is 1.